The van der Waals surface area contributed by atoms with Gasteiger partial charge in [0.25, 0.3) is 0 Å². The minimum Gasteiger partial charge on any atom is -0.497 e. The fourth-order valence-electron chi connectivity index (χ4n) is 7.51. The molecule has 0 radical (unpaired) electrons. The quantitative estimate of drug-likeness (QED) is 0.138. The molecule has 1 saturated carbocycles. The largest absolute Gasteiger partial charge is 0.497 e. The molecule has 2 fully saturated rings. The number of benzene rings is 2. The van der Waals surface area contributed by atoms with Crippen molar-refractivity contribution in [3.05, 3.63) is 78.4 Å². The summed E-state index contributed by atoms with van der Waals surface area (Å²) in [5.41, 5.74) is 2.33. The molecule has 0 N–H and O–H groups in total. The first kappa shape index (κ1) is 32.8. The second-order valence-electron chi connectivity index (χ2n) is 13.0. The number of carbonyl (C=O) groups is 2. The molecule has 4 atom stereocenters. The van der Waals surface area contributed by atoms with Crippen molar-refractivity contribution in [3.63, 3.8) is 0 Å². The molecule has 6 nitrogen and oxygen atoms in total. The number of rotatable bonds is 14. The number of methoxy groups -OCH3 is 1. The Balaban J connectivity index is 1.59. The van der Waals surface area contributed by atoms with Crippen molar-refractivity contribution in [3.8, 4) is 5.75 Å². The van der Waals surface area contributed by atoms with Crippen LogP contribution >= 0.6 is 0 Å². The molecule has 0 bridgehead atoms. The molecule has 1 amide bonds. The molecule has 1 saturated heterocycles. The standard InChI is InChI=1S/C37H52N2O4/c1-6-21-38-22-20-37(31-17-13-18-33(23-31)42-5)25-32(24-35(34(37)27-38)43-29(4)40)39(26-28(2)3)36(41)19-12-8-11-16-30-14-9-7-10-15-30/h6-7,9-10,13-15,17-18,23,28,32,34-35H,1,8,11-12,16,19-22,24-27H2,2-5H3. The lowest BCUT2D eigenvalue weighted by Crippen LogP contribution is -2.62. The third kappa shape index (κ3) is 8.50. The zero-order valence-corrected chi connectivity index (χ0v) is 26.8. The van der Waals surface area contributed by atoms with E-state index in [-0.39, 0.29) is 35.4 Å². The minimum absolute atomic E-state index is 0.00280. The smallest absolute Gasteiger partial charge is 0.302 e. The molecule has 0 aromatic heterocycles. The number of likely N-dealkylation sites (tertiary alicyclic amines) is 1. The van der Waals surface area contributed by atoms with Crippen LogP contribution in [-0.2, 0) is 26.2 Å². The van der Waals surface area contributed by atoms with Gasteiger partial charge < -0.3 is 14.4 Å². The maximum absolute atomic E-state index is 14.0. The van der Waals surface area contributed by atoms with Crippen LogP contribution in [0, 0.1) is 11.8 Å². The van der Waals surface area contributed by atoms with Gasteiger partial charge in [0, 0.05) is 56.8 Å². The van der Waals surface area contributed by atoms with E-state index in [9.17, 15) is 9.59 Å². The molecular formula is C37H52N2O4. The van der Waals surface area contributed by atoms with E-state index < -0.39 is 0 Å². The van der Waals surface area contributed by atoms with Crippen LogP contribution in [0.5, 0.6) is 5.75 Å². The summed E-state index contributed by atoms with van der Waals surface area (Å²) >= 11 is 0. The van der Waals surface area contributed by atoms with Crippen molar-refractivity contribution in [1.29, 1.82) is 0 Å². The molecule has 2 aromatic rings. The lowest BCUT2D eigenvalue weighted by Gasteiger charge is -2.56. The molecule has 0 spiro atoms. The number of esters is 1. The number of nitrogens with zero attached hydrogens (tertiary/aromatic N) is 2. The van der Waals surface area contributed by atoms with Gasteiger partial charge in [0.15, 0.2) is 0 Å². The fraction of sp³-hybridized carbons (Fsp3) is 0.568. The number of amides is 1. The summed E-state index contributed by atoms with van der Waals surface area (Å²) in [5, 5.41) is 0. The van der Waals surface area contributed by atoms with Crippen molar-refractivity contribution in [2.45, 2.75) is 89.7 Å². The average molecular weight is 589 g/mol. The van der Waals surface area contributed by atoms with Crippen molar-refractivity contribution in [2.24, 2.45) is 11.8 Å². The molecule has 2 aromatic carbocycles. The van der Waals surface area contributed by atoms with Gasteiger partial charge in [-0.05, 0) is 67.8 Å². The highest BCUT2D eigenvalue weighted by Gasteiger charge is 2.54. The lowest BCUT2D eigenvalue weighted by atomic mass is 9.56. The Morgan fingerprint density at radius 3 is 2.60 bits per heavy atom. The van der Waals surface area contributed by atoms with Crippen LogP contribution in [0.3, 0.4) is 0 Å². The van der Waals surface area contributed by atoms with Crippen molar-refractivity contribution in [2.75, 3.05) is 33.3 Å². The summed E-state index contributed by atoms with van der Waals surface area (Å²) in [6.07, 6.45) is 8.74. The van der Waals surface area contributed by atoms with Crippen LogP contribution in [0.2, 0.25) is 0 Å². The van der Waals surface area contributed by atoms with Crippen LogP contribution in [-0.4, -0.2) is 67.1 Å². The van der Waals surface area contributed by atoms with E-state index in [1.54, 1.807) is 7.11 Å². The molecule has 1 aliphatic carbocycles. The van der Waals surface area contributed by atoms with E-state index in [4.69, 9.17) is 9.47 Å². The first-order valence-electron chi connectivity index (χ1n) is 16.2. The van der Waals surface area contributed by atoms with E-state index in [0.29, 0.717) is 25.3 Å². The second-order valence-corrected chi connectivity index (χ2v) is 13.0. The van der Waals surface area contributed by atoms with Crippen LogP contribution in [0.1, 0.15) is 76.8 Å². The maximum Gasteiger partial charge on any atom is 0.302 e. The number of unbranched alkanes of at least 4 members (excludes halogenated alkanes) is 2. The Bertz CT molecular complexity index is 1200. The van der Waals surface area contributed by atoms with E-state index >= 15 is 0 Å². The monoisotopic (exact) mass is 588 g/mol. The molecule has 2 aliphatic rings. The molecule has 1 aliphatic heterocycles. The molecule has 43 heavy (non-hydrogen) atoms. The number of hydrogen-bond donors (Lipinski definition) is 0. The molecule has 4 unspecified atom stereocenters. The van der Waals surface area contributed by atoms with Gasteiger partial charge in [-0.2, -0.15) is 0 Å². The van der Waals surface area contributed by atoms with Crippen LogP contribution in [0.15, 0.2) is 67.3 Å². The van der Waals surface area contributed by atoms with Crippen molar-refractivity contribution >= 4 is 11.9 Å². The predicted octanol–water partition coefficient (Wildman–Crippen LogP) is 6.82. The highest BCUT2D eigenvalue weighted by atomic mass is 16.5. The maximum atomic E-state index is 14.0. The van der Waals surface area contributed by atoms with Crippen LogP contribution < -0.4 is 4.74 Å². The minimum atomic E-state index is -0.275. The zero-order chi connectivity index (χ0) is 30.8. The highest BCUT2D eigenvalue weighted by molar-refractivity contribution is 5.76. The van der Waals surface area contributed by atoms with E-state index in [1.165, 1.54) is 18.1 Å². The van der Waals surface area contributed by atoms with Gasteiger partial charge in [-0.15, -0.1) is 6.58 Å². The predicted molar refractivity (Wildman–Crippen MR) is 173 cm³/mol. The number of piperidine rings is 1. The van der Waals surface area contributed by atoms with Gasteiger partial charge in [0.05, 0.1) is 7.11 Å². The SMILES string of the molecule is C=CCN1CCC2(c3cccc(OC)c3)CC(N(CC(C)C)C(=O)CCCCCc3ccccc3)CC(OC(C)=O)C2C1. The normalized spacial score (nSPS) is 23.8. The molecule has 234 valence electrons. The first-order chi connectivity index (χ1) is 20.8. The van der Waals surface area contributed by atoms with E-state index in [2.05, 4.69) is 72.7 Å². The van der Waals surface area contributed by atoms with Gasteiger partial charge in [0.2, 0.25) is 5.91 Å². The summed E-state index contributed by atoms with van der Waals surface area (Å²) in [5.74, 6) is 1.25. The van der Waals surface area contributed by atoms with Gasteiger partial charge in [-0.1, -0.05) is 68.8 Å². The summed E-state index contributed by atoms with van der Waals surface area (Å²) in [6, 6.07) is 19.0. The first-order valence-corrected chi connectivity index (χ1v) is 16.2. The fourth-order valence-corrected chi connectivity index (χ4v) is 7.51. The van der Waals surface area contributed by atoms with Crippen molar-refractivity contribution < 1.29 is 19.1 Å². The average Bonchev–Trinajstić information content (AvgIpc) is 3.00. The molecular weight excluding hydrogens is 536 g/mol. The number of fused-ring (bicyclic) bond motifs is 1. The summed E-state index contributed by atoms with van der Waals surface area (Å²) < 4.78 is 11.8. The number of aryl methyl sites for hydroxylation is 1. The Kier molecular flexibility index (Phi) is 11.9. The summed E-state index contributed by atoms with van der Waals surface area (Å²) in [7, 11) is 1.70. The number of ether oxygens (including phenoxy) is 2. The zero-order valence-electron chi connectivity index (χ0n) is 26.8. The Labute approximate surface area is 259 Å². The third-order valence-electron chi connectivity index (χ3n) is 9.46. The van der Waals surface area contributed by atoms with Crippen molar-refractivity contribution in [1.82, 2.24) is 9.80 Å². The highest BCUT2D eigenvalue weighted by Crippen LogP contribution is 2.51. The Morgan fingerprint density at radius 2 is 1.91 bits per heavy atom. The Morgan fingerprint density at radius 1 is 1.12 bits per heavy atom. The molecule has 4 rings (SSSR count). The molecule has 6 heteroatoms. The summed E-state index contributed by atoms with van der Waals surface area (Å²) in [6.45, 7) is 13.1. The van der Waals surface area contributed by atoms with Gasteiger partial charge >= 0.3 is 5.97 Å². The Hall–Kier alpha value is -3.12. The summed E-state index contributed by atoms with van der Waals surface area (Å²) in [4.78, 5) is 31.0. The topological polar surface area (TPSA) is 59.1 Å². The third-order valence-corrected chi connectivity index (χ3v) is 9.46. The van der Waals surface area contributed by atoms with Crippen LogP contribution in [0.4, 0.5) is 0 Å². The van der Waals surface area contributed by atoms with E-state index in [0.717, 1.165) is 63.9 Å². The molecule has 1 heterocycles. The van der Waals surface area contributed by atoms with E-state index in [1.807, 2.05) is 18.2 Å². The number of carbonyl (C=O) groups excluding carboxylic acids is 2. The van der Waals surface area contributed by atoms with Gasteiger partial charge in [-0.25, -0.2) is 0 Å². The van der Waals surface area contributed by atoms with Crippen LogP contribution in [0.25, 0.3) is 0 Å². The van der Waals surface area contributed by atoms with Gasteiger partial charge in [-0.3, -0.25) is 14.5 Å². The number of hydrogen-bond acceptors (Lipinski definition) is 5. The second kappa shape index (κ2) is 15.6. The van der Waals surface area contributed by atoms with Gasteiger partial charge in [0.1, 0.15) is 11.9 Å². The lowest BCUT2D eigenvalue weighted by molar-refractivity contribution is -0.161.